The molecule has 3 heteroatoms. The van der Waals surface area contributed by atoms with Gasteiger partial charge in [-0.15, -0.1) is 0 Å². The van der Waals surface area contributed by atoms with Gasteiger partial charge in [0.15, 0.2) is 0 Å². The number of nitrogens with zero attached hydrogens (tertiary/aromatic N) is 1. The number of fused-ring (bicyclic) bond motifs is 1. The second-order valence-corrected chi connectivity index (χ2v) is 4.44. The zero-order chi connectivity index (χ0) is 13.1. The average molecular weight is 243 g/mol. The summed E-state index contributed by atoms with van der Waals surface area (Å²) in [6.45, 7) is 4.31. The molecule has 1 unspecified atom stereocenters. The average Bonchev–Trinajstić information content (AvgIpc) is 2.44. The summed E-state index contributed by atoms with van der Waals surface area (Å²) in [7, 11) is 1.39. The lowest BCUT2D eigenvalue weighted by molar-refractivity contribution is 0.0601. The van der Waals surface area contributed by atoms with Crippen molar-refractivity contribution in [3.8, 4) is 0 Å². The minimum Gasteiger partial charge on any atom is -0.465 e. The Morgan fingerprint density at radius 2 is 2.11 bits per heavy atom. The fourth-order valence-corrected chi connectivity index (χ4v) is 1.87. The number of benzene rings is 1. The minimum absolute atomic E-state index is 0.317. The minimum atomic E-state index is -0.317. The summed E-state index contributed by atoms with van der Waals surface area (Å²) in [5, 5.41) is 0.963. The Hall–Kier alpha value is -1.90. The number of hydrogen-bond acceptors (Lipinski definition) is 3. The number of rotatable bonds is 3. The maximum atomic E-state index is 11.4. The van der Waals surface area contributed by atoms with Crippen molar-refractivity contribution in [2.45, 2.75) is 26.2 Å². The van der Waals surface area contributed by atoms with Gasteiger partial charge in [0.2, 0.25) is 0 Å². The Labute approximate surface area is 107 Å². The van der Waals surface area contributed by atoms with Crippen LogP contribution in [0.25, 0.3) is 10.9 Å². The van der Waals surface area contributed by atoms with Crippen molar-refractivity contribution < 1.29 is 9.53 Å². The van der Waals surface area contributed by atoms with Gasteiger partial charge in [-0.2, -0.15) is 0 Å². The summed E-state index contributed by atoms with van der Waals surface area (Å²) in [6, 6.07) is 9.47. The summed E-state index contributed by atoms with van der Waals surface area (Å²) in [4.78, 5) is 16.1. The Balaban J connectivity index is 2.45. The van der Waals surface area contributed by atoms with Gasteiger partial charge in [-0.25, -0.2) is 4.79 Å². The molecule has 0 amide bonds. The zero-order valence-corrected chi connectivity index (χ0v) is 10.9. The number of aromatic nitrogens is 1. The van der Waals surface area contributed by atoms with Crippen LogP contribution in [-0.2, 0) is 4.74 Å². The van der Waals surface area contributed by atoms with Crippen LogP contribution in [0.4, 0.5) is 0 Å². The fourth-order valence-electron chi connectivity index (χ4n) is 1.87. The predicted molar refractivity (Wildman–Crippen MR) is 71.8 cm³/mol. The lowest BCUT2D eigenvalue weighted by atomic mass is 10.0. The van der Waals surface area contributed by atoms with Crippen LogP contribution in [0.3, 0.4) is 0 Å². The number of hydrogen-bond donors (Lipinski definition) is 0. The molecular weight excluding hydrogens is 226 g/mol. The smallest absolute Gasteiger partial charge is 0.337 e. The van der Waals surface area contributed by atoms with Gasteiger partial charge < -0.3 is 4.74 Å². The van der Waals surface area contributed by atoms with Crippen LogP contribution in [0, 0.1) is 0 Å². The monoisotopic (exact) mass is 243 g/mol. The van der Waals surface area contributed by atoms with Crippen molar-refractivity contribution in [3.63, 3.8) is 0 Å². The SMILES string of the molecule is CCC(C)c1ccc2cc(C(=O)OC)ccc2n1. The first kappa shape index (κ1) is 12.6. The van der Waals surface area contributed by atoms with E-state index < -0.39 is 0 Å². The third-order valence-electron chi connectivity index (χ3n) is 3.25. The number of pyridine rings is 1. The van der Waals surface area contributed by atoms with E-state index in [1.165, 1.54) is 7.11 Å². The van der Waals surface area contributed by atoms with E-state index in [1.807, 2.05) is 24.3 Å². The molecule has 3 nitrogen and oxygen atoms in total. The molecular formula is C15H17NO2. The van der Waals surface area contributed by atoms with Crippen molar-refractivity contribution in [3.05, 3.63) is 41.6 Å². The molecule has 0 fully saturated rings. The van der Waals surface area contributed by atoms with Crippen LogP contribution >= 0.6 is 0 Å². The number of ether oxygens (including phenoxy) is 1. The van der Waals surface area contributed by atoms with E-state index in [4.69, 9.17) is 4.74 Å². The van der Waals surface area contributed by atoms with Crippen LogP contribution in [-0.4, -0.2) is 18.1 Å². The van der Waals surface area contributed by atoms with E-state index in [0.717, 1.165) is 23.0 Å². The quantitative estimate of drug-likeness (QED) is 0.774. The molecule has 0 aliphatic heterocycles. The molecule has 0 spiro atoms. The van der Waals surface area contributed by atoms with E-state index >= 15 is 0 Å². The van der Waals surface area contributed by atoms with Crippen molar-refractivity contribution in [1.29, 1.82) is 0 Å². The Bertz CT molecular complexity index is 578. The third kappa shape index (κ3) is 2.35. The Morgan fingerprint density at radius 1 is 1.33 bits per heavy atom. The van der Waals surface area contributed by atoms with E-state index in [0.29, 0.717) is 11.5 Å². The molecule has 0 N–H and O–H groups in total. The topological polar surface area (TPSA) is 39.2 Å². The van der Waals surface area contributed by atoms with Crippen LogP contribution in [0.5, 0.6) is 0 Å². The van der Waals surface area contributed by atoms with Gasteiger partial charge in [0, 0.05) is 11.1 Å². The molecule has 0 aliphatic carbocycles. The van der Waals surface area contributed by atoms with Gasteiger partial charge in [0.05, 0.1) is 18.2 Å². The normalized spacial score (nSPS) is 12.4. The third-order valence-corrected chi connectivity index (χ3v) is 3.25. The molecule has 0 aliphatic rings. The molecule has 94 valence electrons. The molecule has 1 aromatic heterocycles. The van der Waals surface area contributed by atoms with Crippen molar-refractivity contribution in [1.82, 2.24) is 4.98 Å². The fraction of sp³-hybridized carbons (Fsp3) is 0.333. The van der Waals surface area contributed by atoms with E-state index in [1.54, 1.807) is 6.07 Å². The van der Waals surface area contributed by atoms with Gasteiger partial charge in [0.25, 0.3) is 0 Å². The molecule has 0 radical (unpaired) electrons. The maximum Gasteiger partial charge on any atom is 0.337 e. The molecule has 1 atom stereocenters. The summed E-state index contributed by atoms with van der Waals surface area (Å²) < 4.78 is 4.71. The second kappa shape index (κ2) is 5.17. The lowest BCUT2D eigenvalue weighted by Crippen LogP contribution is -2.01. The molecule has 1 heterocycles. The van der Waals surface area contributed by atoms with Gasteiger partial charge in [0.1, 0.15) is 0 Å². The Morgan fingerprint density at radius 3 is 2.78 bits per heavy atom. The van der Waals surface area contributed by atoms with Crippen molar-refractivity contribution >= 4 is 16.9 Å². The largest absolute Gasteiger partial charge is 0.465 e. The standard InChI is InChI=1S/C15H17NO2/c1-4-10(2)13-7-5-11-9-12(15(17)18-3)6-8-14(11)16-13/h5-10H,4H2,1-3H3. The van der Waals surface area contributed by atoms with Crippen molar-refractivity contribution in [2.24, 2.45) is 0 Å². The molecule has 0 saturated carbocycles. The number of carbonyl (C=O) groups is 1. The summed E-state index contributed by atoms with van der Waals surface area (Å²) in [6.07, 6.45) is 1.07. The Kier molecular flexibility index (Phi) is 3.60. The van der Waals surface area contributed by atoms with Crippen LogP contribution < -0.4 is 0 Å². The molecule has 18 heavy (non-hydrogen) atoms. The zero-order valence-electron chi connectivity index (χ0n) is 10.9. The molecule has 2 aromatic rings. The molecule has 2 rings (SSSR count). The second-order valence-electron chi connectivity index (χ2n) is 4.44. The summed E-state index contributed by atoms with van der Waals surface area (Å²) in [5.74, 6) is 0.137. The molecule has 1 aromatic carbocycles. The number of carbonyl (C=O) groups excluding carboxylic acids is 1. The highest BCUT2D eigenvalue weighted by Gasteiger charge is 2.08. The summed E-state index contributed by atoms with van der Waals surface area (Å²) >= 11 is 0. The van der Waals surface area contributed by atoms with E-state index in [9.17, 15) is 4.79 Å². The lowest BCUT2D eigenvalue weighted by Gasteiger charge is -2.09. The van der Waals surface area contributed by atoms with Gasteiger partial charge in [-0.05, 0) is 36.6 Å². The highest BCUT2D eigenvalue weighted by atomic mass is 16.5. The number of esters is 1. The van der Waals surface area contributed by atoms with Gasteiger partial charge in [-0.3, -0.25) is 4.98 Å². The highest BCUT2D eigenvalue weighted by Crippen LogP contribution is 2.21. The van der Waals surface area contributed by atoms with Crippen LogP contribution in [0.15, 0.2) is 30.3 Å². The van der Waals surface area contributed by atoms with E-state index in [-0.39, 0.29) is 5.97 Å². The first-order valence-corrected chi connectivity index (χ1v) is 6.14. The molecule has 0 bridgehead atoms. The van der Waals surface area contributed by atoms with Crippen molar-refractivity contribution in [2.75, 3.05) is 7.11 Å². The first-order chi connectivity index (χ1) is 8.65. The summed E-state index contributed by atoms with van der Waals surface area (Å²) in [5.41, 5.74) is 2.57. The van der Waals surface area contributed by atoms with Crippen LogP contribution in [0.2, 0.25) is 0 Å². The number of methoxy groups -OCH3 is 1. The highest BCUT2D eigenvalue weighted by molar-refractivity contribution is 5.94. The predicted octanol–water partition coefficient (Wildman–Crippen LogP) is 3.53. The van der Waals surface area contributed by atoms with Gasteiger partial charge in [-0.1, -0.05) is 19.9 Å². The molecule has 0 saturated heterocycles. The van der Waals surface area contributed by atoms with Gasteiger partial charge >= 0.3 is 5.97 Å². The van der Waals surface area contributed by atoms with E-state index in [2.05, 4.69) is 18.8 Å². The maximum absolute atomic E-state index is 11.4. The first-order valence-electron chi connectivity index (χ1n) is 6.14. The van der Waals surface area contributed by atoms with Crippen LogP contribution in [0.1, 0.15) is 42.2 Å².